The number of hydrogen-bond donors (Lipinski definition) is 0. The van der Waals surface area contributed by atoms with E-state index in [9.17, 15) is 14.4 Å². The molecule has 0 N–H and O–H groups in total. The molecule has 2 aliphatic heterocycles. The predicted octanol–water partition coefficient (Wildman–Crippen LogP) is 2.47. The molecule has 0 aliphatic carbocycles. The zero-order valence-electron chi connectivity index (χ0n) is 17.5. The lowest BCUT2D eigenvalue weighted by atomic mass is 9.98. The van der Waals surface area contributed by atoms with Crippen molar-refractivity contribution in [2.45, 2.75) is 45.2 Å². The lowest BCUT2D eigenvalue weighted by molar-refractivity contribution is -0.135. The normalized spacial score (nSPS) is 19.8. The minimum absolute atomic E-state index is 0.00791. The van der Waals surface area contributed by atoms with Crippen molar-refractivity contribution >= 4 is 28.5 Å². The molecule has 2 amide bonds. The van der Waals surface area contributed by atoms with Gasteiger partial charge >= 0.3 is 0 Å². The van der Waals surface area contributed by atoms with Crippen LogP contribution in [-0.2, 0) is 20.9 Å². The van der Waals surface area contributed by atoms with Crippen molar-refractivity contribution in [3.05, 3.63) is 36.0 Å². The van der Waals surface area contributed by atoms with Crippen LogP contribution in [0.25, 0.3) is 10.9 Å². The van der Waals surface area contributed by atoms with E-state index in [1.54, 1.807) is 20.6 Å². The zero-order chi connectivity index (χ0) is 21.1. The second-order valence-electron chi connectivity index (χ2n) is 8.07. The number of para-hydroxylation sites is 1. The van der Waals surface area contributed by atoms with Gasteiger partial charge in [0.25, 0.3) is 11.7 Å². The van der Waals surface area contributed by atoms with E-state index in [-0.39, 0.29) is 18.5 Å². The number of hydrogen-bond acceptors (Lipinski definition) is 4. The Morgan fingerprint density at radius 3 is 2.60 bits per heavy atom. The first kappa shape index (κ1) is 20.6. The van der Waals surface area contributed by atoms with Gasteiger partial charge in [0.1, 0.15) is 6.54 Å². The zero-order valence-corrected chi connectivity index (χ0v) is 17.5. The fraction of sp³-hybridized carbons (Fsp3) is 0.522. The number of rotatable bonds is 5. The van der Waals surface area contributed by atoms with Crippen LogP contribution in [-0.4, -0.2) is 70.9 Å². The van der Waals surface area contributed by atoms with Crippen molar-refractivity contribution in [1.82, 2.24) is 14.4 Å². The van der Waals surface area contributed by atoms with E-state index in [0.717, 1.165) is 36.6 Å². The standard InChI is InChI=1S/C23H29N3O4/c1-2-17-7-5-6-10-26(17)23(29)22(28)19-15-25(20-9-4-3-8-18(19)20)16-21(27)24-11-13-30-14-12-24/h3-4,8-9,15,17H,2,5-7,10-14,16H2,1H3/t17-/m0/s1. The average molecular weight is 412 g/mol. The van der Waals surface area contributed by atoms with Crippen LogP contribution in [0, 0.1) is 0 Å². The van der Waals surface area contributed by atoms with Crippen LogP contribution in [0.2, 0.25) is 0 Å². The monoisotopic (exact) mass is 411 g/mol. The van der Waals surface area contributed by atoms with Gasteiger partial charge in [-0.05, 0) is 31.7 Å². The summed E-state index contributed by atoms with van der Waals surface area (Å²) in [5, 5.41) is 0.718. The van der Waals surface area contributed by atoms with E-state index < -0.39 is 11.7 Å². The fourth-order valence-electron chi connectivity index (χ4n) is 4.56. The number of piperidine rings is 1. The number of amides is 2. The topological polar surface area (TPSA) is 71.9 Å². The minimum Gasteiger partial charge on any atom is -0.378 e. The highest BCUT2D eigenvalue weighted by atomic mass is 16.5. The first-order chi connectivity index (χ1) is 14.6. The number of Topliss-reactive ketones (excluding diaryl/α,β-unsaturated/α-hetero) is 1. The molecule has 1 aromatic heterocycles. The van der Waals surface area contributed by atoms with Gasteiger partial charge in [0, 0.05) is 42.8 Å². The molecule has 0 spiro atoms. The van der Waals surface area contributed by atoms with Crippen LogP contribution < -0.4 is 0 Å². The summed E-state index contributed by atoms with van der Waals surface area (Å²) in [5.74, 6) is -0.917. The second kappa shape index (κ2) is 9.00. The van der Waals surface area contributed by atoms with Crippen molar-refractivity contribution in [2.75, 3.05) is 32.8 Å². The van der Waals surface area contributed by atoms with E-state index in [2.05, 4.69) is 6.92 Å². The number of carbonyl (C=O) groups is 3. The number of ether oxygens (including phenoxy) is 1. The van der Waals surface area contributed by atoms with Gasteiger partial charge in [0.05, 0.1) is 18.8 Å². The Hall–Kier alpha value is -2.67. The van der Waals surface area contributed by atoms with Gasteiger partial charge in [0.15, 0.2) is 0 Å². The van der Waals surface area contributed by atoms with E-state index in [0.29, 0.717) is 38.4 Å². The smallest absolute Gasteiger partial charge is 0.295 e. The summed E-state index contributed by atoms with van der Waals surface area (Å²) in [5.41, 5.74) is 1.17. The minimum atomic E-state index is -0.482. The third-order valence-corrected chi connectivity index (χ3v) is 6.26. The van der Waals surface area contributed by atoms with Crippen LogP contribution in [0.3, 0.4) is 0 Å². The van der Waals surface area contributed by atoms with Crippen molar-refractivity contribution < 1.29 is 19.1 Å². The molecular weight excluding hydrogens is 382 g/mol. The van der Waals surface area contributed by atoms with Crippen LogP contribution in [0.5, 0.6) is 0 Å². The molecule has 2 aromatic rings. The van der Waals surface area contributed by atoms with Gasteiger partial charge in [-0.25, -0.2) is 0 Å². The summed E-state index contributed by atoms with van der Waals surface area (Å²) in [6.07, 6.45) is 5.51. The summed E-state index contributed by atoms with van der Waals surface area (Å²) < 4.78 is 7.11. The Morgan fingerprint density at radius 2 is 1.83 bits per heavy atom. The maximum absolute atomic E-state index is 13.2. The van der Waals surface area contributed by atoms with Gasteiger partial charge in [0.2, 0.25) is 5.91 Å². The Morgan fingerprint density at radius 1 is 1.07 bits per heavy atom. The molecule has 2 aliphatic rings. The van der Waals surface area contributed by atoms with Crippen LogP contribution in [0.4, 0.5) is 0 Å². The molecule has 2 fully saturated rings. The highest BCUT2D eigenvalue weighted by Gasteiger charge is 2.32. The maximum Gasteiger partial charge on any atom is 0.295 e. The number of nitrogens with zero attached hydrogens (tertiary/aromatic N) is 3. The fourth-order valence-corrected chi connectivity index (χ4v) is 4.56. The van der Waals surface area contributed by atoms with E-state index >= 15 is 0 Å². The van der Waals surface area contributed by atoms with Gasteiger partial charge in [-0.2, -0.15) is 0 Å². The summed E-state index contributed by atoms with van der Waals surface area (Å²) >= 11 is 0. The number of likely N-dealkylation sites (tertiary alicyclic amines) is 1. The maximum atomic E-state index is 13.2. The Kier molecular flexibility index (Phi) is 6.18. The number of morpholine rings is 1. The molecule has 0 bridgehead atoms. The highest BCUT2D eigenvalue weighted by Crippen LogP contribution is 2.25. The molecule has 7 heteroatoms. The second-order valence-corrected chi connectivity index (χ2v) is 8.07. The molecule has 0 unspecified atom stereocenters. The van der Waals surface area contributed by atoms with E-state index in [4.69, 9.17) is 4.74 Å². The number of fused-ring (bicyclic) bond motifs is 1. The van der Waals surface area contributed by atoms with Gasteiger partial charge in [-0.1, -0.05) is 25.1 Å². The Bertz CT molecular complexity index is 945. The van der Waals surface area contributed by atoms with Gasteiger partial charge in [-0.15, -0.1) is 0 Å². The molecule has 0 radical (unpaired) electrons. The molecule has 160 valence electrons. The lowest BCUT2D eigenvalue weighted by Crippen LogP contribution is -2.46. The number of benzene rings is 1. The SMILES string of the molecule is CC[C@H]1CCCCN1C(=O)C(=O)c1cn(CC(=O)N2CCOCC2)c2ccccc12. The molecular formula is C23H29N3O4. The summed E-state index contributed by atoms with van der Waals surface area (Å²) in [6.45, 7) is 5.09. The van der Waals surface area contributed by atoms with Crippen LogP contribution in [0.1, 0.15) is 43.0 Å². The molecule has 4 rings (SSSR count). The third kappa shape index (κ3) is 3.99. The highest BCUT2D eigenvalue weighted by molar-refractivity contribution is 6.45. The summed E-state index contributed by atoms with van der Waals surface area (Å²) in [4.78, 5) is 42.5. The molecule has 7 nitrogen and oxygen atoms in total. The largest absolute Gasteiger partial charge is 0.378 e. The quantitative estimate of drug-likeness (QED) is 0.560. The first-order valence-corrected chi connectivity index (χ1v) is 10.9. The van der Waals surface area contributed by atoms with Crippen molar-refractivity contribution in [1.29, 1.82) is 0 Å². The third-order valence-electron chi connectivity index (χ3n) is 6.26. The molecule has 30 heavy (non-hydrogen) atoms. The van der Waals surface area contributed by atoms with E-state index in [1.807, 2.05) is 24.3 Å². The van der Waals surface area contributed by atoms with Crippen molar-refractivity contribution in [2.24, 2.45) is 0 Å². The molecule has 1 aromatic carbocycles. The van der Waals surface area contributed by atoms with Crippen molar-refractivity contribution in [3.8, 4) is 0 Å². The summed E-state index contributed by atoms with van der Waals surface area (Å²) in [6, 6.07) is 7.60. The first-order valence-electron chi connectivity index (χ1n) is 10.9. The van der Waals surface area contributed by atoms with Gasteiger partial charge < -0.3 is 19.1 Å². The molecule has 3 heterocycles. The average Bonchev–Trinajstić information content (AvgIpc) is 3.17. The molecule has 0 saturated carbocycles. The number of ketones is 1. The summed E-state index contributed by atoms with van der Waals surface area (Å²) in [7, 11) is 0. The number of carbonyl (C=O) groups excluding carboxylic acids is 3. The van der Waals surface area contributed by atoms with E-state index in [1.165, 1.54) is 0 Å². The van der Waals surface area contributed by atoms with Crippen LogP contribution >= 0.6 is 0 Å². The van der Waals surface area contributed by atoms with Crippen molar-refractivity contribution in [3.63, 3.8) is 0 Å². The molecule has 1 atom stereocenters. The number of aromatic nitrogens is 1. The van der Waals surface area contributed by atoms with Crippen LogP contribution in [0.15, 0.2) is 30.5 Å². The van der Waals surface area contributed by atoms with Gasteiger partial charge in [-0.3, -0.25) is 14.4 Å². The molecule has 2 saturated heterocycles. The lowest BCUT2D eigenvalue weighted by Gasteiger charge is -2.34. The predicted molar refractivity (Wildman–Crippen MR) is 113 cm³/mol. The Balaban J connectivity index is 1.60. The Labute approximate surface area is 176 Å².